The summed E-state index contributed by atoms with van der Waals surface area (Å²) in [6.07, 6.45) is 2.60. The number of aliphatic hydroxyl groups is 1. The topological polar surface area (TPSA) is 55.8 Å². The molecule has 4 heteroatoms. The summed E-state index contributed by atoms with van der Waals surface area (Å²) in [6, 6.07) is 0. The molecule has 0 radical (unpaired) electrons. The van der Waals surface area contributed by atoms with Gasteiger partial charge in [0.1, 0.15) is 17.5 Å². The van der Waals surface area contributed by atoms with Crippen LogP contribution in [-0.2, 0) is 14.3 Å². The van der Waals surface area contributed by atoms with E-state index in [9.17, 15) is 9.90 Å². The van der Waals surface area contributed by atoms with Gasteiger partial charge in [0.2, 0.25) is 0 Å². The molecule has 112 valence electrons. The molecule has 1 N–H and O–H groups in total. The van der Waals surface area contributed by atoms with Crippen LogP contribution in [-0.4, -0.2) is 34.5 Å². The van der Waals surface area contributed by atoms with Crippen molar-refractivity contribution >= 4 is 5.78 Å². The SMILES string of the molecule is C[C@@H]1CC[C@H]2[C@@H](C)C(=O)C[C@@H]3O[C@@]4(C)O[C@@]32[C@H]1C[C@H]4O. The van der Waals surface area contributed by atoms with Crippen molar-refractivity contribution in [3.8, 4) is 0 Å². The number of aliphatic hydroxyl groups excluding tert-OH is 1. The van der Waals surface area contributed by atoms with Gasteiger partial charge >= 0.3 is 0 Å². The molecule has 4 fully saturated rings. The highest BCUT2D eigenvalue weighted by Crippen LogP contribution is 2.63. The molecule has 2 aliphatic heterocycles. The Hall–Kier alpha value is -0.450. The van der Waals surface area contributed by atoms with Gasteiger partial charge < -0.3 is 14.6 Å². The standard InChI is InChI=1S/C16H24O4/c1-8-4-5-10-9(2)12(17)7-14-16(10)11(8)6-13(18)15(3,19-14)20-16/h8-11,13-14,18H,4-7H2,1-3H3/t8-,9-,10+,11+,13-,14+,15+,16+/m1/s1. The van der Waals surface area contributed by atoms with Gasteiger partial charge in [0.05, 0.1) is 6.10 Å². The molecular weight excluding hydrogens is 256 g/mol. The lowest BCUT2D eigenvalue weighted by molar-refractivity contribution is -0.291. The quantitative estimate of drug-likeness (QED) is 0.736. The van der Waals surface area contributed by atoms with Gasteiger partial charge in [-0.05, 0) is 38.0 Å². The van der Waals surface area contributed by atoms with E-state index in [0.717, 1.165) is 19.3 Å². The summed E-state index contributed by atoms with van der Waals surface area (Å²) in [5, 5.41) is 10.4. The van der Waals surface area contributed by atoms with Crippen LogP contribution in [0.5, 0.6) is 0 Å². The largest absolute Gasteiger partial charge is 0.388 e. The lowest BCUT2D eigenvalue weighted by Gasteiger charge is -2.57. The Morgan fingerprint density at radius 1 is 1.25 bits per heavy atom. The highest BCUT2D eigenvalue weighted by Gasteiger charge is 2.72. The average Bonchev–Trinajstić information content (AvgIpc) is 2.64. The normalized spacial score (nSPS) is 61.3. The molecule has 0 aromatic carbocycles. The van der Waals surface area contributed by atoms with Gasteiger partial charge in [0, 0.05) is 18.3 Å². The summed E-state index contributed by atoms with van der Waals surface area (Å²) in [5.41, 5.74) is -0.334. The minimum Gasteiger partial charge on any atom is -0.388 e. The number of ether oxygens (including phenoxy) is 2. The van der Waals surface area contributed by atoms with Gasteiger partial charge in [-0.15, -0.1) is 0 Å². The number of fused-ring (bicyclic) bond motifs is 1. The highest BCUT2D eigenvalue weighted by molar-refractivity contribution is 5.83. The van der Waals surface area contributed by atoms with E-state index in [-0.39, 0.29) is 23.5 Å². The molecule has 0 amide bonds. The van der Waals surface area contributed by atoms with Crippen LogP contribution in [0.1, 0.15) is 46.5 Å². The highest BCUT2D eigenvalue weighted by atomic mass is 16.8. The van der Waals surface area contributed by atoms with Gasteiger partial charge in [0.15, 0.2) is 5.79 Å². The summed E-state index contributed by atoms with van der Waals surface area (Å²) in [6.45, 7) is 6.15. The van der Waals surface area contributed by atoms with E-state index in [1.54, 1.807) is 0 Å². The van der Waals surface area contributed by atoms with E-state index in [1.165, 1.54) is 0 Å². The average molecular weight is 280 g/mol. The fourth-order valence-corrected chi connectivity index (χ4v) is 5.49. The minimum atomic E-state index is -0.916. The number of Topliss-reactive ketones (excluding diaryl/α,β-unsaturated/α-hetero) is 1. The number of hydrogen-bond acceptors (Lipinski definition) is 4. The van der Waals surface area contributed by atoms with Crippen molar-refractivity contribution < 1.29 is 19.4 Å². The molecule has 4 aliphatic rings. The van der Waals surface area contributed by atoms with E-state index in [0.29, 0.717) is 24.0 Å². The Bertz CT molecular complexity index is 463. The van der Waals surface area contributed by atoms with Gasteiger partial charge in [0.25, 0.3) is 0 Å². The number of rotatable bonds is 0. The zero-order chi connectivity index (χ0) is 14.3. The minimum absolute atomic E-state index is 0.0578. The molecule has 20 heavy (non-hydrogen) atoms. The van der Waals surface area contributed by atoms with E-state index >= 15 is 0 Å². The third-order valence-corrected chi connectivity index (χ3v) is 6.62. The summed E-state index contributed by atoms with van der Waals surface area (Å²) < 4.78 is 12.5. The number of hydrogen-bond donors (Lipinski definition) is 1. The second-order valence-electron chi connectivity index (χ2n) is 7.56. The maximum absolute atomic E-state index is 12.3. The summed E-state index contributed by atoms with van der Waals surface area (Å²) in [5.74, 6) is 0.531. The molecule has 1 spiro atoms. The van der Waals surface area contributed by atoms with E-state index in [4.69, 9.17) is 9.47 Å². The second-order valence-corrected chi connectivity index (χ2v) is 7.56. The van der Waals surface area contributed by atoms with Crippen molar-refractivity contribution in [2.45, 2.75) is 70.1 Å². The molecule has 2 saturated carbocycles. The Kier molecular flexibility index (Phi) is 2.54. The number of ketones is 1. The summed E-state index contributed by atoms with van der Waals surface area (Å²) >= 11 is 0. The fourth-order valence-electron chi connectivity index (χ4n) is 5.49. The molecule has 2 saturated heterocycles. The van der Waals surface area contributed by atoms with Gasteiger partial charge in [-0.2, -0.15) is 0 Å². The lowest BCUT2D eigenvalue weighted by atomic mass is 9.53. The lowest BCUT2D eigenvalue weighted by Crippen LogP contribution is -2.66. The number of carbonyl (C=O) groups excluding carboxylic acids is 1. The number of carbonyl (C=O) groups is 1. The maximum atomic E-state index is 12.3. The van der Waals surface area contributed by atoms with Crippen LogP contribution in [0.15, 0.2) is 0 Å². The van der Waals surface area contributed by atoms with Crippen molar-refractivity contribution in [1.29, 1.82) is 0 Å². The Morgan fingerprint density at radius 3 is 2.75 bits per heavy atom. The molecule has 4 rings (SSSR count). The third-order valence-electron chi connectivity index (χ3n) is 6.62. The molecule has 4 nitrogen and oxygen atoms in total. The molecule has 8 atom stereocenters. The van der Waals surface area contributed by atoms with Crippen LogP contribution in [0.4, 0.5) is 0 Å². The van der Waals surface area contributed by atoms with Crippen LogP contribution in [0.3, 0.4) is 0 Å². The van der Waals surface area contributed by atoms with Crippen LogP contribution < -0.4 is 0 Å². The third kappa shape index (κ3) is 1.36. The first kappa shape index (κ1) is 13.2. The molecule has 2 heterocycles. The second kappa shape index (κ2) is 3.84. The van der Waals surface area contributed by atoms with E-state index < -0.39 is 11.9 Å². The summed E-state index contributed by atoms with van der Waals surface area (Å²) in [4.78, 5) is 12.3. The fraction of sp³-hybridized carbons (Fsp3) is 0.938. The smallest absolute Gasteiger partial charge is 0.192 e. The monoisotopic (exact) mass is 280 g/mol. The predicted octanol–water partition coefficient (Wildman–Crippen LogP) is 1.89. The van der Waals surface area contributed by atoms with Crippen molar-refractivity contribution in [1.82, 2.24) is 0 Å². The summed E-state index contributed by atoms with van der Waals surface area (Å²) in [7, 11) is 0. The predicted molar refractivity (Wildman–Crippen MR) is 71.9 cm³/mol. The molecule has 0 aromatic heterocycles. The molecule has 2 aliphatic carbocycles. The van der Waals surface area contributed by atoms with Crippen LogP contribution in [0.25, 0.3) is 0 Å². The Balaban J connectivity index is 1.85. The molecule has 0 aromatic rings. The van der Waals surface area contributed by atoms with Gasteiger partial charge in [-0.3, -0.25) is 4.79 Å². The van der Waals surface area contributed by atoms with Gasteiger partial charge in [-0.1, -0.05) is 13.8 Å². The zero-order valence-corrected chi connectivity index (χ0v) is 12.5. The Morgan fingerprint density at radius 2 is 2.00 bits per heavy atom. The van der Waals surface area contributed by atoms with Crippen LogP contribution in [0, 0.1) is 23.7 Å². The van der Waals surface area contributed by atoms with Crippen molar-refractivity contribution in [2.24, 2.45) is 23.7 Å². The van der Waals surface area contributed by atoms with Crippen LogP contribution in [0.2, 0.25) is 0 Å². The molecular formula is C16H24O4. The maximum Gasteiger partial charge on any atom is 0.192 e. The molecule has 2 bridgehead atoms. The van der Waals surface area contributed by atoms with Crippen molar-refractivity contribution in [2.75, 3.05) is 0 Å². The molecule has 0 unspecified atom stereocenters. The Labute approximate surface area is 119 Å². The van der Waals surface area contributed by atoms with Crippen molar-refractivity contribution in [3.05, 3.63) is 0 Å². The van der Waals surface area contributed by atoms with Crippen LogP contribution >= 0.6 is 0 Å². The van der Waals surface area contributed by atoms with E-state index in [1.807, 2.05) is 6.92 Å². The van der Waals surface area contributed by atoms with Gasteiger partial charge in [-0.25, -0.2) is 0 Å². The first-order chi connectivity index (χ1) is 9.38. The first-order valence-corrected chi connectivity index (χ1v) is 7.97. The first-order valence-electron chi connectivity index (χ1n) is 7.97. The zero-order valence-electron chi connectivity index (χ0n) is 12.5. The van der Waals surface area contributed by atoms with E-state index in [2.05, 4.69) is 13.8 Å². The van der Waals surface area contributed by atoms with Crippen molar-refractivity contribution in [3.63, 3.8) is 0 Å².